The highest BCUT2D eigenvalue weighted by Gasteiger charge is 2.24. The monoisotopic (exact) mass is 358 g/mol. The number of carbonyl (C=O) groups excluding carboxylic acids is 1. The molecule has 1 aromatic heterocycles. The number of imidazole rings is 1. The molecule has 5 heteroatoms. The first-order valence-corrected chi connectivity index (χ1v) is 9.46. The molecular formula is C22H22N4O. The molecule has 0 spiro atoms. The zero-order valence-electron chi connectivity index (χ0n) is 15.4. The van der Waals surface area contributed by atoms with E-state index in [1.54, 1.807) is 0 Å². The van der Waals surface area contributed by atoms with Crippen LogP contribution < -0.4 is 5.32 Å². The van der Waals surface area contributed by atoms with Crippen LogP contribution in [0.25, 0.3) is 22.4 Å². The normalized spacial score (nSPS) is 19.4. The molecule has 1 unspecified atom stereocenters. The standard InChI is InChI=1S/C22H22N4O/c1-15-13-26-20-18(22(27)23-15)5-4-6-19(20)24-21(26)17-9-7-16(8-10-17)14-25-11-2-3-12-25/h2-10,15H,11-14H2,1H3,(H,23,27). The van der Waals surface area contributed by atoms with Gasteiger partial charge in [-0.2, -0.15) is 0 Å². The first-order chi connectivity index (χ1) is 13.2. The van der Waals surface area contributed by atoms with E-state index in [0.29, 0.717) is 5.56 Å². The quantitative estimate of drug-likeness (QED) is 0.732. The fourth-order valence-electron chi connectivity index (χ4n) is 4.06. The molecule has 2 aliphatic heterocycles. The largest absolute Gasteiger partial charge is 0.348 e. The summed E-state index contributed by atoms with van der Waals surface area (Å²) < 4.78 is 2.19. The number of benzene rings is 2. The summed E-state index contributed by atoms with van der Waals surface area (Å²) in [7, 11) is 0. The minimum atomic E-state index is -0.0205. The van der Waals surface area contributed by atoms with Crippen molar-refractivity contribution in [1.29, 1.82) is 0 Å². The van der Waals surface area contributed by atoms with Gasteiger partial charge in [0.25, 0.3) is 5.91 Å². The van der Waals surface area contributed by atoms with Gasteiger partial charge in [0, 0.05) is 37.8 Å². The smallest absolute Gasteiger partial charge is 0.253 e. The summed E-state index contributed by atoms with van der Waals surface area (Å²) in [5.41, 5.74) is 4.90. The second kappa shape index (κ2) is 6.35. The molecule has 27 heavy (non-hydrogen) atoms. The van der Waals surface area contributed by atoms with Gasteiger partial charge >= 0.3 is 0 Å². The van der Waals surface area contributed by atoms with E-state index in [0.717, 1.165) is 48.6 Å². The van der Waals surface area contributed by atoms with Crippen LogP contribution >= 0.6 is 0 Å². The number of carbonyl (C=O) groups is 1. The Bertz CT molecular complexity index is 1040. The van der Waals surface area contributed by atoms with Crippen molar-refractivity contribution in [2.24, 2.45) is 0 Å². The molecule has 0 radical (unpaired) electrons. The van der Waals surface area contributed by atoms with Gasteiger partial charge < -0.3 is 9.88 Å². The van der Waals surface area contributed by atoms with E-state index in [4.69, 9.17) is 4.98 Å². The van der Waals surface area contributed by atoms with Gasteiger partial charge in [0.2, 0.25) is 0 Å². The molecule has 1 amide bonds. The zero-order valence-corrected chi connectivity index (χ0v) is 15.4. The molecular weight excluding hydrogens is 336 g/mol. The van der Waals surface area contributed by atoms with Crippen molar-refractivity contribution in [2.45, 2.75) is 26.1 Å². The Morgan fingerprint density at radius 2 is 1.89 bits per heavy atom. The molecule has 1 N–H and O–H groups in total. The van der Waals surface area contributed by atoms with Gasteiger partial charge in [-0.1, -0.05) is 42.5 Å². The van der Waals surface area contributed by atoms with Crippen molar-refractivity contribution in [3.8, 4) is 11.4 Å². The fraction of sp³-hybridized carbons (Fsp3) is 0.273. The Hall–Kier alpha value is -2.92. The van der Waals surface area contributed by atoms with Crippen molar-refractivity contribution >= 4 is 16.9 Å². The second-order valence-electron chi connectivity index (χ2n) is 7.46. The molecule has 136 valence electrons. The molecule has 2 aromatic carbocycles. The predicted octanol–water partition coefficient (Wildman–Crippen LogP) is 3.21. The predicted molar refractivity (Wildman–Crippen MR) is 107 cm³/mol. The van der Waals surface area contributed by atoms with Crippen LogP contribution in [0, 0.1) is 0 Å². The molecule has 0 aliphatic carbocycles. The molecule has 5 nitrogen and oxygen atoms in total. The number of nitrogens with zero attached hydrogens (tertiary/aromatic N) is 3. The Balaban J connectivity index is 1.55. The molecule has 0 saturated heterocycles. The highest BCUT2D eigenvalue weighted by atomic mass is 16.1. The zero-order chi connectivity index (χ0) is 18.4. The Morgan fingerprint density at radius 1 is 1.11 bits per heavy atom. The third-order valence-corrected chi connectivity index (χ3v) is 5.36. The minimum Gasteiger partial charge on any atom is -0.348 e. The maximum atomic E-state index is 12.5. The van der Waals surface area contributed by atoms with Crippen LogP contribution in [0.2, 0.25) is 0 Å². The second-order valence-corrected chi connectivity index (χ2v) is 7.46. The van der Waals surface area contributed by atoms with Crippen LogP contribution in [0.1, 0.15) is 22.8 Å². The van der Waals surface area contributed by atoms with Gasteiger partial charge in [0.1, 0.15) is 5.82 Å². The number of aromatic nitrogens is 2. The number of amides is 1. The average molecular weight is 358 g/mol. The first kappa shape index (κ1) is 16.3. The summed E-state index contributed by atoms with van der Waals surface area (Å²) in [5, 5.41) is 3.06. The lowest BCUT2D eigenvalue weighted by Gasteiger charge is -2.15. The van der Waals surface area contributed by atoms with E-state index >= 15 is 0 Å². The van der Waals surface area contributed by atoms with Crippen molar-refractivity contribution in [2.75, 3.05) is 13.1 Å². The summed E-state index contributed by atoms with van der Waals surface area (Å²) in [6.07, 6.45) is 4.43. The van der Waals surface area contributed by atoms with Crippen molar-refractivity contribution in [3.63, 3.8) is 0 Å². The first-order valence-electron chi connectivity index (χ1n) is 9.46. The maximum Gasteiger partial charge on any atom is 0.253 e. The van der Waals surface area contributed by atoms with Gasteiger partial charge in [-0.3, -0.25) is 9.69 Å². The van der Waals surface area contributed by atoms with Gasteiger partial charge in [-0.25, -0.2) is 4.98 Å². The lowest BCUT2D eigenvalue weighted by Crippen LogP contribution is -2.33. The van der Waals surface area contributed by atoms with E-state index in [-0.39, 0.29) is 11.9 Å². The van der Waals surface area contributed by atoms with Crippen LogP contribution in [0.15, 0.2) is 54.6 Å². The molecule has 3 heterocycles. The SMILES string of the molecule is CC1Cn2c(-c3ccc(CN4CC=CC4)cc3)nc3cccc(c32)C(=O)N1. The maximum absolute atomic E-state index is 12.5. The number of rotatable bonds is 3. The third kappa shape index (κ3) is 2.84. The summed E-state index contributed by atoms with van der Waals surface area (Å²) in [6.45, 7) is 5.77. The number of hydrogen-bond acceptors (Lipinski definition) is 3. The van der Waals surface area contributed by atoms with Crippen LogP contribution in [0.5, 0.6) is 0 Å². The van der Waals surface area contributed by atoms with Gasteiger partial charge in [0.15, 0.2) is 0 Å². The molecule has 3 aromatic rings. The number of hydrogen-bond donors (Lipinski definition) is 1. The summed E-state index contributed by atoms with van der Waals surface area (Å²) >= 11 is 0. The van der Waals surface area contributed by atoms with E-state index in [1.807, 2.05) is 25.1 Å². The van der Waals surface area contributed by atoms with Crippen LogP contribution in [0.3, 0.4) is 0 Å². The van der Waals surface area contributed by atoms with Gasteiger partial charge in [-0.15, -0.1) is 0 Å². The highest BCUT2D eigenvalue weighted by Crippen LogP contribution is 2.29. The molecule has 2 aliphatic rings. The van der Waals surface area contributed by atoms with Crippen LogP contribution in [0.4, 0.5) is 0 Å². The lowest BCUT2D eigenvalue weighted by atomic mass is 10.1. The van der Waals surface area contributed by atoms with E-state index in [2.05, 4.69) is 51.2 Å². The number of para-hydroxylation sites is 1. The molecule has 0 fully saturated rings. The van der Waals surface area contributed by atoms with Gasteiger partial charge in [-0.05, 0) is 24.6 Å². The van der Waals surface area contributed by atoms with E-state index < -0.39 is 0 Å². The van der Waals surface area contributed by atoms with Crippen LogP contribution in [-0.4, -0.2) is 39.5 Å². The number of nitrogens with one attached hydrogen (secondary N) is 1. The molecule has 0 saturated carbocycles. The molecule has 5 rings (SSSR count). The van der Waals surface area contributed by atoms with Crippen molar-refractivity contribution in [3.05, 3.63) is 65.7 Å². The minimum absolute atomic E-state index is 0.0205. The average Bonchev–Trinajstić information content (AvgIpc) is 3.27. The van der Waals surface area contributed by atoms with Crippen molar-refractivity contribution < 1.29 is 4.79 Å². The Kier molecular flexibility index (Phi) is 3.83. The fourth-order valence-corrected chi connectivity index (χ4v) is 4.06. The highest BCUT2D eigenvalue weighted by molar-refractivity contribution is 6.06. The Morgan fingerprint density at radius 3 is 2.67 bits per heavy atom. The van der Waals surface area contributed by atoms with E-state index in [1.165, 1.54) is 5.56 Å². The lowest BCUT2D eigenvalue weighted by molar-refractivity contribution is 0.0942. The van der Waals surface area contributed by atoms with Crippen LogP contribution in [-0.2, 0) is 13.1 Å². The molecule has 0 bridgehead atoms. The summed E-state index contributed by atoms with van der Waals surface area (Å²) in [6, 6.07) is 14.5. The molecule has 1 atom stereocenters. The van der Waals surface area contributed by atoms with Crippen molar-refractivity contribution in [1.82, 2.24) is 19.8 Å². The third-order valence-electron chi connectivity index (χ3n) is 5.36. The van der Waals surface area contributed by atoms with Gasteiger partial charge in [0.05, 0.1) is 16.6 Å². The topological polar surface area (TPSA) is 50.2 Å². The summed E-state index contributed by atoms with van der Waals surface area (Å²) in [5.74, 6) is 0.906. The summed E-state index contributed by atoms with van der Waals surface area (Å²) in [4.78, 5) is 19.8. The Labute approximate surface area is 158 Å². The van der Waals surface area contributed by atoms with E-state index in [9.17, 15) is 4.79 Å².